The van der Waals surface area contributed by atoms with E-state index in [9.17, 15) is 0 Å². The van der Waals surface area contributed by atoms with Crippen LogP contribution in [0.2, 0.25) is 0 Å². The smallest absolute Gasteiger partial charge is 0.217 e. The summed E-state index contributed by atoms with van der Waals surface area (Å²) < 4.78 is 0. The van der Waals surface area contributed by atoms with Gasteiger partial charge in [-0.15, -0.1) is 0 Å². The van der Waals surface area contributed by atoms with Crippen LogP contribution in [-0.4, -0.2) is 36.6 Å². The molecule has 0 aliphatic heterocycles. The third-order valence-electron chi connectivity index (χ3n) is 1.42. The monoisotopic (exact) mass is 183 g/mol. The fourth-order valence-corrected chi connectivity index (χ4v) is 0.719. The maximum absolute atomic E-state index is 5.49. The molecule has 0 aliphatic rings. The van der Waals surface area contributed by atoms with Crippen molar-refractivity contribution in [3.63, 3.8) is 0 Å². The molecule has 1 unspecified atom stereocenters. The molecule has 2 N–H and O–H groups in total. The Hall–Kier alpha value is -1.39. The van der Waals surface area contributed by atoms with Gasteiger partial charge in [-0.1, -0.05) is 0 Å². The zero-order valence-corrected chi connectivity index (χ0v) is 8.60. The van der Waals surface area contributed by atoms with Gasteiger partial charge in [0.2, 0.25) is 5.96 Å². The fourth-order valence-electron chi connectivity index (χ4n) is 0.719. The first kappa shape index (κ1) is 11.6. The molecule has 0 aromatic heterocycles. The minimum atomic E-state index is -0.0973. The third kappa shape index (κ3) is 4.95. The van der Waals surface area contributed by atoms with E-state index in [2.05, 4.69) is 15.1 Å². The second-order valence-corrected chi connectivity index (χ2v) is 2.45. The third-order valence-corrected chi connectivity index (χ3v) is 1.42. The quantitative estimate of drug-likeness (QED) is 0.397. The van der Waals surface area contributed by atoms with Gasteiger partial charge in [0.05, 0.1) is 0 Å². The minimum absolute atomic E-state index is 0.0973. The summed E-state index contributed by atoms with van der Waals surface area (Å²) in [7, 11) is 1.83. The summed E-state index contributed by atoms with van der Waals surface area (Å²) in [5.41, 5.74) is 5.49. The highest BCUT2D eigenvalue weighted by molar-refractivity contribution is 5.85. The first-order chi connectivity index (χ1) is 6.11. The van der Waals surface area contributed by atoms with Crippen LogP contribution in [0.15, 0.2) is 15.1 Å². The van der Waals surface area contributed by atoms with E-state index >= 15 is 0 Å². The van der Waals surface area contributed by atoms with Crippen molar-refractivity contribution in [2.24, 2.45) is 20.8 Å². The molecule has 0 radical (unpaired) electrons. The number of hydrazone groups is 1. The molecule has 0 aromatic rings. The molecule has 0 heterocycles. The van der Waals surface area contributed by atoms with E-state index < -0.39 is 0 Å². The van der Waals surface area contributed by atoms with Crippen molar-refractivity contribution in [2.45, 2.75) is 26.9 Å². The molecule has 0 saturated carbocycles. The largest absolute Gasteiger partial charge is 0.368 e. The summed E-state index contributed by atoms with van der Waals surface area (Å²) in [4.78, 5) is 7.93. The number of hydrogen-bond donors (Lipinski definition) is 1. The molecular formula is C8H17N5. The van der Waals surface area contributed by atoms with Gasteiger partial charge in [-0.05, 0) is 20.8 Å². The van der Waals surface area contributed by atoms with Gasteiger partial charge in [-0.3, -0.25) is 5.01 Å². The van der Waals surface area contributed by atoms with Crippen LogP contribution < -0.4 is 5.73 Å². The van der Waals surface area contributed by atoms with Crippen LogP contribution in [0.5, 0.6) is 0 Å². The molecule has 5 nitrogen and oxygen atoms in total. The van der Waals surface area contributed by atoms with Gasteiger partial charge < -0.3 is 5.73 Å². The Kier molecular flexibility index (Phi) is 5.50. The van der Waals surface area contributed by atoms with Crippen molar-refractivity contribution >= 4 is 18.4 Å². The molecule has 13 heavy (non-hydrogen) atoms. The van der Waals surface area contributed by atoms with Crippen molar-refractivity contribution in [3.8, 4) is 0 Å². The summed E-state index contributed by atoms with van der Waals surface area (Å²) in [6.07, 6.45) is 3.21. The minimum Gasteiger partial charge on any atom is -0.368 e. The lowest BCUT2D eigenvalue weighted by Crippen LogP contribution is -2.25. The summed E-state index contributed by atoms with van der Waals surface area (Å²) in [5.74, 6) is 0.271. The zero-order valence-electron chi connectivity index (χ0n) is 8.60. The second-order valence-electron chi connectivity index (χ2n) is 2.45. The van der Waals surface area contributed by atoms with Gasteiger partial charge in [0.25, 0.3) is 0 Å². The molecular weight excluding hydrogens is 166 g/mol. The average Bonchev–Trinajstić information content (AvgIpc) is 2.05. The molecule has 0 bridgehead atoms. The Bertz CT molecular complexity index is 219. The Morgan fingerprint density at radius 2 is 2.00 bits per heavy atom. The van der Waals surface area contributed by atoms with Crippen LogP contribution in [-0.2, 0) is 0 Å². The molecule has 0 rings (SSSR count). The van der Waals surface area contributed by atoms with Crippen molar-refractivity contribution in [1.29, 1.82) is 0 Å². The zero-order chi connectivity index (χ0) is 10.3. The molecule has 0 aliphatic carbocycles. The van der Waals surface area contributed by atoms with Crippen LogP contribution in [0.1, 0.15) is 20.8 Å². The van der Waals surface area contributed by atoms with E-state index in [0.29, 0.717) is 0 Å². The maximum Gasteiger partial charge on any atom is 0.217 e. The lowest BCUT2D eigenvalue weighted by molar-refractivity contribution is 0.280. The van der Waals surface area contributed by atoms with Crippen molar-refractivity contribution < 1.29 is 0 Å². The molecule has 5 heteroatoms. The van der Waals surface area contributed by atoms with Crippen molar-refractivity contribution in [2.75, 3.05) is 7.05 Å². The highest BCUT2D eigenvalue weighted by Crippen LogP contribution is 1.96. The van der Waals surface area contributed by atoms with Crippen LogP contribution in [0, 0.1) is 0 Å². The van der Waals surface area contributed by atoms with Gasteiger partial charge in [0.1, 0.15) is 6.17 Å². The molecule has 0 saturated heterocycles. The van der Waals surface area contributed by atoms with E-state index in [1.54, 1.807) is 24.4 Å². The number of hydrogen-bond acceptors (Lipinski definition) is 3. The Labute approximate surface area is 79.0 Å². The average molecular weight is 183 g/mol. The highest BCUT2D eigenvalue weighted by Gasteiger charge is 2.03. The molecule has 1 atom stereocenters. The number of nitrogens with zero attached hydrogens (tertiary/aromatic N) is 4. The maximum atomic E-state index is 5.49. The van der Waals surface area contributed by atoms with E-state index in [-0.39, 0.29) is 12.1 Å². The highest BCUT2D eigenvalue weighted by atomic mass is 15.5. The summed E-state index contributed by atoms with van der Waals surface area (Å²) in [6, 6.07) is 0. The Morgan fingerprint density at radius 3 is 2.46 bits per heavy atom. The number of aliphatic imine (C=N–C) groups is 2. The first-order valence-corrected chi connectivity index (χ1v) is 4.15. The standard InChI is InChI=1S/C8H17N5/c1-5-10-8(9)12-7(3)13(4)11-6-2/h5-7H,1-4H3,(H2,9,12)/b10-5-,11-6-. The molecule has 0 aromatic carbocycles. The van der Waals surface area contributed by atoms with Crippen LogP contribution in [0.3, 0.4) is 0 Å². The fraction of sp³-hybridized carbons (Fsp3) is 0.625. The molecule has 0 spiro atoms. The molecule has 0 fully saturated rings. The van der Waals surface area contributed by atoms with Crippen molar-refractivity contribution in [1.82, 2.24) is 5.01 Å². The van der Waals surface area contributed by atoms with E-state index in [1.807, 2.05) is 20.9 Å². The summed E-state index contributed by atoms with van der Waals surface area (Å²) in [5, 5.41) is 5.74. The van der Waals surface area contributed by atoms with E-state index in [0.717, 1.165) is 0 Å². The number of nitrogens with two attached hydrogens (primary N) is 1. The topological polar surface area (TPSA) is 66.3 Å². The van der Waals surface area contributed by atoms with Crippen molar-refractivity contribution in [3.05, 3.63) is 0 Å². The molecule has 0 amide bonds. The lowest BCUT2D eigenvalue weighted by atomic mass is 10.6. The van der Waals surface area contributed by atoms with E-state index in [1.165, 1.54) is 0 Å². The SMILES string of the molecule is C/C=N\C(N)=N/C(C)N(C)/N=C\C. The van der Waals surface area contributed by atoms with Gasteiger partial charge in [0.15, 0.2) is 0 Å². The van der Waals surface area contributed by atoms with Crippen LogP contribution in [0.25, 0.3) is 0 Å². The van der Waals surface area contributed by atoms with Gasteiger partial charge in [-0.2, -0.15) is 5.10 Å². The summed E-state index contributed by atoms with van der Waals surface area (Å²) >= 11 is 0. The van der Waals surface area contributed by atoms with Crippen LogP contribution >= 0.6 is 0 Å². The predicted octanol–water partition coefficient (Wildman–Crippen LogP) is 0.675. The van der Waals surface area contributed by atoms with Gasteiger partial charge in [-0.25, -0.2) is 9.98 Å². The number of rotatable bonds is 3. The van der Waals surface area contributed by atoms with Gasteiger partial charge >= 0.3 is 0 Å². The normalized spacial score (nSPS) is 15.5. The second kappa shape index (κ2) is 6.16. The first-order valence-electron chi connectivity index (χ1n) is 4.15. The molecule has 74 valence electrons. The predicted molar refractivity (Wildman–Crippen MR) is 57.2 cm³/mol. The lowest BCUT2D eigenvalue weighted by Gasteiger charge is -2.17. The van der Waals surface area contributed by atoms with Crippen LogP contribution in [0.4, 0.5) is 0 Å². The Balaban J connectivity index is 4.26. The van der Waals surface area contributed by atoms with Gasteiger partial charge in [0, 0.05) is 19.5 Å². The Morgan fingerprint density at radius 1 is 1.38 bits per heavy atom. The number of guanidine groups is 1. The summed E-state index contributed by atoms with van der Waals surface area (Å²) in [6.45, 7) is 5.53. The van der Waals surface area contributed by atoms with E-state index in [4.69, 9.17) is 5.73 Å².